The molecule has 2 rings (SSSR count). The highest BCUT2D eigenvalue weighted by molar-refractivity contribution is 6.42. The summed E-state index contributed by atoms with van der Waals surface area (Å²) in [6, 6.07) is 5.18. The largest absolute Gasteiger partial charge is 0.460 e. The van der Waals surface area contributed by atoms with Crippen molar-refractivity contribution in [2.75, 3.05) is 0 Å². The predicted molar refractivity (Wildman–Crippen MR) is 85.9 cm³/mol. The quantitative estimate of drug-likeness (QED) is 0.850. The van der Waals surface area contributed by atoms with E-state index in [0.717, 1.165) is 0 Å². The fraction of sp³-hybridized carbons (Fsp3) is 0.375. The lowest BCUT2D eigenvalue weighted by atomic mass is 9.84. The van der Waals surface area contributed by atoms with Gasteiger partial charge in [0.25, 0.3) is 0 Å². The van der Waals surface area contributed by atoms with E-state index in [-0.39, 0.29) is 18.4 Å². The Morgan fingerprint density at radius 2 is 2.05 bits per heavy atom. The van der Waals surface area contributed by atoms with Crippen LogP contribution in [0.25, 0.3) is 0 Å². The smallest absolute Gasteiger partial charge is 0.336 e. The van der Waals surface area contributed by atoms with Crippen LogP contribution in [0.3, 0.4) is 0 Å². The van der Waals surface area contributed by atoms with Gasteiger partial charge in [-0.3, -0.25) is 4.79 Å². The van der Waals surface area contributed by atoms with Gasteiger partial charge in [0.15, 0.2) is 0 Å². The maximum Gasteiger partial charge on any atom is 0.336 e. The Morgan fingerprint density at radius 1 is 1.36 bits per heavy atom. The van der Waals surface area contributed by atoms with Gasteiger partial charge in [-0.2, -0.15) is 0 Å². The van der Waals surface area contributed by atoms with E-state index in [0.29, 0.717) is 26.9 Å². The molecule has 0 saturated carbocycles. The first-order chi connectivity index (χ1) is 10.3. The number of carbonyl (C=O) groups is 2. The average molecular weight is 342 g/mol. The molecular formula is C16H17Cl2NO3. The van der Waals surface area contributed by atoms with Gasteiger partial charge < -0.3 is 10.1 Å². The normalized spacial score (nSPS) is 18.5. The Kier molecular flexibility index (Phi) is 5.14. The van der Waals surface area contributed by atoms with Crippen molar-refractivity contribution in [1.29, 1.82) is 0 Å². The van der Waals surface area contributed by atoms with Gasteiger partial charge in [-0.15, -0.1) is 0 Å². The van der Waals surface area contributed by atoms with E-state index in [4.69, 9.17) is 27.9 Å². The number of hydrogen-bond donors (Lipinski definition) is 1. The first kappa shape index (κ1) is 16.8. The molecule has 1 heterocycles. The van der Waals surface area contributed by atoms with Crippen molar-refractivity contribution in [3.63, 3.8) is 0 Å². The van der Waals surface area contributed by atoms with Crippen LogP contribution in [0.4, 0.5) is 0 Å². The number of benzene rings is 1. The fourth-order valence-electron chi connectivity index (χ4n) is 2.50. The highest BCUT2D eigenvalue weighted by Crippen LogP contribution is 2.39. The molecule has 6 heteroatoms. The summed E-state index contributed by atoms with van der Waals surface area (Å²) in [4.78, 5) is 24.3. The minimum atomic E-state index is -0.466. The lowest BCUT2D eigenvalue weighted by Crippen LogP contribution is -2.34. The molecule has 0 saturated heterocycles. The summed E-state index contributed by atoms with van der Waals surface area (Å²) in [7, 11) is 0. The summed E-state index contributed by atoms with van der Waals surface area (Å²) in [6.07, 6.45) is -0.124. The zero-order chi connectivity index (χ0) is 16.4. The van der Waals surface area contributed by atoms with Gasteiger partial charge in [-0.1, -0.05) is 35.3 Å². The highest BCUT2D eigenvalue weighted by atomic mass is 35.5. The van der Waals surface area contributed by atoms with E-state index < -0.39 is 11.9 Å². The van der Waals surface area contributed by atoms with Crippen LogP contribution in [0, 0.1) is 0 Å². The van der Waals surface area contributed by atoms with Crippen LogP contribution in [0.2, 0.25) is 10.0 Å². The third-order valence-electron chi connectivity index (χ3n) is 3.39. The molecule has 0 bridgehead atoms. The van der Waals surface area contributed by atoms with Crippen LogP contribution in [0.1, 0.15) is 38.7 Å². The molecule has 4 nitrogen and oxygen atoms in total. The SMILES string of the molecule is CC1=C(C(=O)OC(C)C)C(c2cccc(Cl)c2Cl)CC(=O)N1. The Hall–Kier alpha value is -1.52. The number of nitrogens with one attached hydrogen (secondary N) is 1. The van der Waals surface area contributed by atoms with Crippen LogP contribution in [-0.2, 0) is 14.3 Å². The molecule has 1 aliphatic heterocycles. The van der Waals surface area contributed by atoms with Gasteiger partial charge in [0, 0.05) is 18.0 Å². The van der Waals surface area contributed by atoms with E-state index in [1.165, 1.54) is 0 Å². The number of ether oxygens (including phenoxy) is 1. The van der Waals surface area contributed by atoms with E-state index in [2.05, 4.69) is 5.32 Å². The number of rotatable bonds is 3. The van der Waals surface area contributed by atoms with Crippen LogP contribution >= 0.6 is 23.2 Å². The molecule has 1 atom stereocenters. The molecule has 1 N–H and O–H groups in total. The Labute approximate surface area is 139 Å². The van der Waals surface area contributed by atoms with Gasteiger partial charge >= 0.3 is 5.97 Å². The zero-order valence-corrected chi connectivity index (χ0v) is 14.1. The summed E-state index contributed by atoms with van der Waals surface area (Å²) in [6.45, 7) is 5.23. The minimum absolute atomic E-state index is 0.125. The Bertz CT molecular complexity index is 653. The summed E-state index contributed by atoms with van der Waals surface area (Å²) < 4.78 is 5.29. The van der Waals surface area contributed by atoms with Gasteiger partial charge in [0.1, 0.15) is 0 Å². The van der Waals surface area contributed by atoms with Gasteiger partial charge in [-0.05, 0) is 32.4 Å². The Morgan fingerprint density at radius 3 is 2.68 bits per heavy atom. The second-order valence-corrected chi connectivity index (χ2v) is 6.23. The molecular weight excluding hydrogens is 325 g/mol. The molecule has 0 radical (unpaired) electrons. The maximum absolute atomic E-state index is 12.4. The molecule has 0 aliphatic carbocycles. The van der Waals surface area contributed by atoms with Gasteiger partial charge in [-0.25, -0.2) is 4.79 Å². The number of amides is 1. The summed E-state index contributed by atoms with van der Waals surface area (Å²) in [5.41, 5.74) is 1.56. The van der Waals surface area contributed by atoms with Gasteiger partial charge in [0.2, 0.25) is 5.91 Å². The third kappa shape index (κ3) is 3.45. The summed E-state index contributed by atoms with van der Waals surface area (Å²) >= 11 is 12.3. The van der Waals surface area contributed by atoms with Crippen LogP contribution in [0.15, 0.2) is 29.5 Å². The average Bonchev–Trinajstić information content (AvgIpc) is 2.39. The molecule has 1 aliphatic rings. The van der Waals surface area contributed by atoms with Crippen molar-refractivity contribution >= 4 is 35.1 Å². The monoisotopic (exact) mass is 341 g/mol. The standard InChI is InChI=1S/C16H17Cl2NO3/c1-8(2)22-16(21)14-9(3)19-13(20)7-11(14)10-5-4-6-12(17)15(10)18/h4-6,8,11H,7H2,1-3H3,(H,19,20). The van der Waals surface area contributed by atoms with E-state index in [9.17, 15) is 9.59 Å². The molecule has 1 aromatic carbocycles. The number of esters is 1. The van der Waals surface area contributed by atoms with E-state index in [1.54, 1.807) is 39.0 Å². The second kappa shape index (κ2) is 6.71. The lowest BCUT2D eigenvalue weighted by molar-refractivity contribution is -0.143. The number of allylic oxidation sites excluding steroid dienone is 1. The third-order valence-corrected chi connectivity index (χ3v) is 4.22. The fourth-order valence-corrected chi connectivity index (χ4v) is 2.94. The first-order valence-electron chi connectivity index (χ1n) is 6.96. The minimum Gasteiger partial charge on any atom is -0.460 e. The second-order valence-electron chi connectivity index (χ2n) is 5.44. The molecule has 1 unspecified atom stereocenters. The molecule has 1 aromatic rings. The number of hydrogen-bond acceptors (Lipinski definition) is 3. The van der Waals surface area contributed by atoms with E-state index in [1.807, 2.05) is 0 Å². The topological polar surface area (TPSA) is 55.4 Å². The highest BCUT2D eigenvalue weighted by Gasteiger charge is 2.34. The van der Waals surface area contributed by atoms with Crippen molar-refractivity contribution in [2.45, 2.75) is 39.2 Å². The van der Waals surface area contributed by atoms with Crippen LogP contribution < -0.4 is 5.32 Å². The number of halogens is 2. The predicted octanol–water partition coefficient (Wildman–Crippen LogP) is 3.82. The molecule has 1 amide bonds. The zero-order valence-electron chi connectivity index (χ0n) is 12.6. The van der Waals surface area contributed by atoms with Gasteiger partial charge in [0.05, 0.1) is 21.7 Å². The Balaban J connectivity index is 2.50. The van der Waals surface area contributed by atoms with Crippen molar-refractivity contribution in [2.24, 2.45) is 0 Å². The van der Waals surface area contributed by atoms with Crippen molar-refractivity contribution in [3.8, 4) is 0 Å². The summed E-state index contributed by atoms with van der Waals surface area (Å²) in [5, 5.41) is 3.42. The molecule has 22 heavy (non-hydrogen) atoms. The first-order valence-corrected chi connectivity index (χ1v) is 7.72. The van der Waals surface area contributed by atoms with Crippen LogP contribution in [-0.4, -0.2) is 18.0 Å². The van der Waals surface area contributed by atoms with Crippen LogP contribution in [0.5, 0.6) is 0 Å². The summed E-state index contributed by atoms with van der Waals surface area (Å²) in [5.74, 6) is -1.08. The maximum atomic E-state index is 12.4. The van der Waals surface area contributed by atoms with Crippen molar-refractivity contribution in [3.05, 3.63) is 45.1 Å². The number of carbonyl (C=O) groups excluding carboxylic acids is 2. The molecule has 0 fully saturated rings. The van der Waals surface area contributed by atoms with Crippen molar-refractivity contribution < 1.29 is 14.3 Å². The molecule has 0 spiro atoms. The molecule has 0 aromatic heterocycles. The van der Waals surface area contributed by atoms with E-state index >= 15 is 0 Å². The lowest BCUT2D eigenvalue weighted by Gasteiger charge is -2.27. The molecule has 118 valence electrons. The van der Waals surface area contributed by atoms with Crippen molar-refractivity contribution in [1.82, 2.24) is 5.32 Å².